The van der Waals surface area contributed by atoms with E-state index in [1.54, 1.807) is 11.8 Å². The van der Waals surface area contributed by atoms with Crippen molar-refractivity contribution in [2.24, 2.45) is 0 Å². The van der Waals surface area contributed by atoms with E-state index < -0.39 is 11.2 Å². The summed E-state index contributed by atoms with van der Waals surface area (Å²) in [6, 6.07) is 19.1. The standard InChI is InChI=1S/C22H22N6O3/c1-15-24-18(26-31-15)14-27(12-16-8-4-2-5-9-16)19-20(23)28(22(30)25-21(19)29)13-17-10-6-3-7-11-17/h2-11H,12-14,23H2,1H3,(H,25,29,30). The number of nitrogens with zero attached hydrogens (tertiary/aromatic N) is 4. The number of nitrogen functional groups attached to an aromatic ring is 1. The minimum Gasteiger partial charge on any atom is -0.383 e. The van der Waals surface area contributed by atoms with Gasteiger partial charge in [-0.3, -0.25) is 14.3 Å². The molecule has 0 unspecified atom stereocenters. The fraction of sp³-hybridized carbons (Fsp3) is 0.182. The number of H-pyrrole nitrogens is 1. The minimum absolute atomic E-state index is 0.0775. The van der Waals surface area contributed by atoms with Crippen LogP contribution in [0.3, 0.4) is 0 Å². The fourth-order valence-corrected chi connectivity index (χ4v) is 3.40. The van der Waals surface area contributed by atoms with Crippen LogP contribution < -0.4 is 21.9 Å². The summed E-state index contributed by atoms with van der Waals surface area (Å²) in [5.74, 6) is 0.910. The molecule has 0 saturated carbocycles. The number of aromatic amines is 1. The van der Waals surface area contributed by atoms with Gasteiger partial charge in [-0.2, -0.15) is 4.98 Å². The molecule has 9 nitrogen and oxygen atoms in total. The lowest BCUT2D eigenvalue weighted by molar-refractivity contribution is 0.387. The van der Waals surface area contributed by atoms with Crippen molar-refractivity contribution >= 4 is 11.5 Å². The zero-order chi connectivity index (χ0) is 21.8. The van der Waals surface area contributed by atoms with Gasteiger partial charge in [0.2, 0.25) is 5.89 Å². The number of aromatic nitrogens is 4. The van der Waals surface area contributed by atoms with Gasteiger partial charge in [0, 0.05) is 13.5 Å². The van der Waals surface area contributed by atoms with Crippen LogP contribution in [0, 0.1) is 6.92 Å². The lowest BCUT2D eigenvalue weighted by atomic mass is 10.2. The average Bonchev–Trinajstić information content (AvgIpc) is 3.17. The maximum Gasteiger partial charge on any atom is 0.330 e. The van der Waals surface area contributed by atoms with Crippen LogP contribution >= 0.6 is 0 Å². The van der Waals surface area contributed by atoms with Crippen LogP contribution in [0.2, 0.25) is 0 Å². The third-order valence-electron chi connectivity index (χ3n) is 4.83. The molecule has 0 spiro atoms. The summed E-state index contributed by atoms with van der Waals surface area (Å²) in [4.78, 5) is 33.7. The molecule has 0 amide bonds. The lowest BCUT2D eigenvalue weighted by Gasteiger charge is -2.25. The summed E-state index contributed by atoms with van der Waals surface area (Å²) in [5, 5.41) is 3.94. The Labute approximate surface area is 177 Å². The highest BCUT2D eigenvalue weighted by atomic mass is 16.5. The highest BCUT2D eigenvalue weighted by Crippen LogP contribution is 2.22. The molecule has 0 aliphatic rings. The van der Waals surface area contributed by atoms with Gasteiger partial charge in [0.05, 0.1) is 13.1 Å². The van der Waals surface area contributed by atoms with Crippen molar-refractivity contribution in [3.63, 3.8) is 0 Å². The number of rotatable bonds is 7. The first-order valence-electron chi connectivity index (χ1n) is 9.76. The molecule has 0 aliphatic heterocycles. The van der Waals surface area contributed by atoms with E-state index in [-0.39, 0.29) is 24.6 Å². The predicted octanol–water partition coefficient (Wildman–Crippen LogP) is 2.07. The van der Waals surface area contributed by atoms with Crippen LogP contribution in [0.5, 0.6) is 0 Å². The van der Waals surface area contributed by atoms with E-state index >= 15 is 0 Å². The maximum absolute atomic E-state index is 12.8. The van der Waals surface area contributed by atoms with E-state index in [9.17, 15) is 9.59 Å². The van der Waals surface area contributed by atoms with Crippen molar-refractivity contribution in [1.82, 2.24) is 19.7 Å². The van der Waals surface area contributed by atoms with Crippen LogP contribution in [0.4, 0.5) is 11.5 Å². The molecule has 0 saturated heterocycles. The van der Waals surface area contributed by atoms with E-state index in [0.29, 0.717) is 18.3 Å². The van der Waals surface area contributed by atoms with Crippen LogP contribution in [0.1, 0.15) is 22.8 Å². The Morgan fingerprint density at radius 3 is 2.26 bits per heavy atom. The van der Waals surface area contributed by atoms with Crippen LogP contribution in [-0.2, 0) is 19.6 Å². The molecule has 2 aromatic heterocycles. The molecular weight excluding hydrogens is 396 g/mol. The molecule has 4 aromatic rings. The van der Waals surface area contributed by atoms with Crippen LogP contribution in [0.15, 0.2) is 74.8 Å². The van der Waals surface area contributed by atoms with Crippen molar-refractivity contribution in [2.75, 3.05) is 10.6 Å². The second kappa shape index (κ2) is 8.70. The summed E-state index contributed by atoms with van der Waals surface area (Å²) < 4.78 is 6.43. The summed E-state index contributed by atoms with van der Waals surface area (Å²) in [7, 11) is 0. The highest BCUT2D eigenvalue weighted by Gasteiger charge is 2.21. The lowest BCUT2D eigenvalue weighted by Crippen LogP contribution is -2.38. The smallest absolute Gasteiger partial charge is 0.330 e. The number of benzene rings is 2. The number of anilines is 2. The van der Waals surface area contributed by atoms with Gasteiger partial charge >= 0.3 is 5.69 Å². The predicted molar refractivity (Wildman–Crippen MR) is 117 cm³/mol. The van der Waals surface area contributed by atoms with Crippen LogP contribution in [0.25, 0.3) is 0 Å². The molecule has 31 heavy (non-hydrogen) atoms. The van der Waals surface area contributed by atoms with Gasteiger partial charge in [-0.25, -0.2) is 4.79 Å². The second-order valence-electron chi connectivity index (χ2n) is 7.14. The monoisotopic (exact) mass is 418 g/mol. The molecule has 4 rings (SSSR count). The van der Waals surface area contributed by atoms with E-state index in [2.05, 4.69) is 15.1 Å². The van der Waals surface area contributed by atoms with E-state index in [1.807, 2.05) is 60.7 Å². The molecule has 2 aromatic carbocycles. The zero-order valence-corrected chi connectivity index (χ0v) is 17.0. The second-order valence-corrected chi connectivity index (χ2v) is 7.14. The number of nitrogens with one attached hydrogen (secondary N) is 1. The molecule has 0 aliphatic carbocycles. The van der Waals surface area contributed by atoms with Crippen LogP contribution in [-0.4, -0.2) is 19.7 Å². The van der Waals surface area contributed by atoms with E-state index in [4.69, 9.17) is 10.3 Å². The third kappa shape index (κ3) is 4.55. The molecule has 0 radical (unpaired) electrons. The van der Waals surface area contributed by atoms with Crippen molar-refractivity contribution in [3.8, 4) is 0 Å². The molecule has 2 heterocycles. The molecule has 0 fully saturated rings. The average molecular weight is 418 g/mol. The summed E-state index contributed by atoms with van der Waals surface area (Å²) in [6.07, 6.45) is 0. The third-order valence-corrected chi connectivity index (χ3v) is 4.83. The number of nitrogens with two attached hydrogens (primary N) is 1. The summed E-state index contributed by atoms with van der Waals surface area (Å²) >= 11 is 0. The van der Waals surface area contributed by atoms with Crippen molar-refractivity contribution < 1.29 is 4.52 Å². The number of hydrogen-bond donors (Lipinski definition) is 2. The first kappa shape index (κ1) is 20.1. The normalized spacial score (nSPS) is 10.9. The highest BCUT2D eigenvalue weighted by molar-refractivity contribution is 5.62. The van der Waals surface area contributed by atoms with E-state index in [0.717, 1.165) is 11.1 Å². The van der Waals surface area contributed by atoms with Gasteiger partial charge < -0.3 is 15.2 Å². The van der Waals surface area contributed by atoms with Gasteiger partial charge in [-0.1, -0.05) is 65.8 Å². The van der Waals surface area contributed by atoms with Gasteiger partial charge in [0.15, 0.2) is 5.82 Å². The Morgan fingerprint density at radius 1 is 1.00 bits per heavy atom. The van der Waals surface area contributed by atoms with Gasteiger partial charge in [-0.05, 0) is 11.1 Å². The van der Waals surface area contributed by atoms with Gasteiger partial charge in [-0.15, -0.1) is 0 Å². The Morgan fingerprint density at radius 2 is 1.65 bits per heavy atom. The molecule has 0 atom stereocenters. The maximum atomic E-state index is 12.8. The Balaban J connectivity index is 1.78. The Kier molecular flexibility index (Phi) is 5.65. The Bertz CT molecular complexity index is 1280. The molecule has 158 valence electrons. The SMILES string of the molecule is Cc1nc(CN(Cc2ccccc2)c2c(N)n(Cc3ccccc3)c(=O)[nH]c2=O)no1. The van der Waals surface area contributed by atoms with Crippen molar-refractivity contribution in [3.05, 3.63) is 104 Å². The largest absolute Gasteiger partial charge is 0.383 e. The molecule has 0 bridgehead atoms. The Hall–Kier alpha value is -4.14. The fourth-order valence-electron chi connectivity index (χ4n) is 3.40. The van der Waals surface area contributed by atoms with Crippen molar-refractivity contribution in [2.45, 2.75) is 26.6 Å². The first-order valence-corrected chi connectivity index (χ1v) is 9.76. The van der Waals surface area contributed by atoms with Gasteiger partial charge in [0.25, 0.3) is 5.56 Å². The quantitative estimate of drug-likeness (QED) is 0.471. The number of aryl methyl sites for hydroxylation is 1. The first-order chi connectivity index (χ1) is 15.0. The topological polar surface area (TPSA) is 123 Å². The summed E-state index contributed by atoms with van der Waals surface area (Å²) in [5.41, 5.74) is 7.28. The molecular formula is C22H22N6O3. The van der Waals surface area contributed by atoms with Crippen molar-refractivity contribution in [1.29, 1.82) is 0 Å². The molecule has 9 heteroatoms. The minimum atomic E-state index is -0.567. The van der Waals surface area contributed by atoms with E-state index in [1.165, 1.54) is 4.57 Å². The zero-order valence-electron chi connectivity index (χ0n) is 17.0. The molecule has 3 N–H and O–H groups in total. The van der Waals surface area contributed by atoms with Gasteiger partial charge in [0.1, 0.15) is 11.5 Å². The summed E-state index contributed by atoms with van der Waals surface area (Å²) in [6.45, 7) is 2.48. The number of hydrogen-bond acceptors (Lipinski definition) is 7.